The number of fused-ring (bicyclic) bond motifs is 1. The maximum Gasteiger partial charge on any atom is 0.329 e. The van der Waals surface area contributed by atoms with Crippen molar-refractivity contribution in [1.82, 2.24) is 24.4 Å². The molecule has 0 spiro atoms. The summed E-state index contributed by atoms with van der Waals surface area (Å²) < 4.78 is 1.27. The highest BCUT2D eigenvalue weighted by atomic mass is 16.2. The molecule has 0 bridgehead atoms. The fourth-order valence-electron chi connectivity index (χ4n) is 4.05. The normalized spacial score (nSPS) is 19.2. The van der Waals surface area contributed by atoms with Crippen LogP contribution in [-0.4, -0.2) is 50.0 Å². The number of nitrogens with zero attached hydrogens (tertiary/aromatic N) is 3. The molecule has 0 radical (unpaired) electrons. The Bertz CT molecular complexity index is 1150. The van der Waals surface area contributed by atoms with Crippen LogP contribution in [0.1, 0.15) is 23.7 Å². The fraction of sp³-hybridized carbons (Fsp3) is 0.400. The number of carbonyl (C=O) groups is 1. The summed E-state index contributed by atoms with van der Waals surface area (Å²) in [6.45, 7) is 1.83. The number of aromatic nitrogens is 4. The number of amides is 1. The molecule has 4 N–H and O–H groups in total. The van der Waals surface area contributed by atoms with Gasteiger partial charge >= 0.3 is 5.69 Å². The van der Waals surface area contributed by atoms with Gasteiger partial charge in [0.15, 0.2) is 5.65 Å². The Hall–Kier alpha value is -3.20. The highest BCUT2D eigenvalue weighted by Crippen LogP contribution is 2.32. The number of aromatic amines is 2. The highest BCUT2D eigenvalue weighted by molar-refractivity contribution is 5.77. The van der Waals surface area contributed by atoms with E-state index in [0.717, 1.165) is 0 Å². The van der Waals surface area contributed by atoms with E-state index in [-0.39, 0.29) is 35.3 Å². The summed E-state index contributed by atoms with van der Waals surface area (Å²) in [4.78, 5) is 47.7. The van der Waals surface area contributed by atoms with Gasteiger partial charge in [-0.15, -0.1) is 0 Å². The Morgan fingerprint density at radius 2 is 1.97 bits per heavy atom. The van der Waals surface area contributed by atoms with E-state index in [9.17, 15) is 14.4 Å². The molecule has 3 heterocycles. The summed E-state index contributed by atoms with van der Waals surface area (Å²) in [5.74, 6) is 1.02. The lowest BCUT2D eigenvalue weighted by atomic mass is 9.89. The summed E-state index contributed by atoms with van der Waals surface area (Å²) in [5.41, 5.74) is 6.66. The Morgan fingerprint density at radius 3 is 2.69 bits per heavy atom. The lowest BCUT2D eigenvalue weighted by Gasteiger charge is -2.16. The second kappa shape index (κ2) is 7.67. The largest absolute Gasteiger partial charge is 0.342 e. The number of nitrogens with two attached hydrogens (primary N) is 1. The van der Waals surface area contributed by atoms with Crippen LogP contribution in [0.5, 0.6) is 0 Å². The summed E-state index contributed by atoms with van der Waals surface area (Å²) >= 11 is 0. The number of likely N-dealkylation sites (tertiary alicyclic amines) is 1. The fourth-order valence-corrected chi connectivity index (χ4v) is 4.05. The number of nitrogens with one attached hydrogen (secondary N) is 2. The molecule has 29 heavy (non-hydrogen) atoms. The van der Waals surface area contributed by atoms with Crippen LogP contribution in [0.15, 0.2) is 39.9 Å². The number of hydrogen-bond acceptors (Lipinski definition) is 5. The topological polar surface area (TPSA) is 130 Å². The molecule has 0 unspecified atom stereocenters. The van der Waals surface area contributed by atoms with Crippen LogP contribution in [0.25, 0.3) is 11.2 Å². The van der Waals surface area contributed by atoms with Gasteiger partial charge in [0.1, 0.15) is 11.3 Å². The van der Waals surface area contributed by atoms with Crippen LogP contribution >= 0.6 is 0 Å². The minimum absolute atomic E-state index is 0.0325. The number of H-pyrrole nitrogens is 2. The average Bonchev–Trinajstić information content (AvgIpc) is 3.36. The Morgan fingerprint density at radius 1 is 1.21 bits per heavy atom. The van der Waals surface area contributed by atoms with E-state index in [2.05, 4.69) is 27.1 Å². The summed E-state index contributed by atoms with van der Waals surface area (Å²) in [6, 6.07) is 10.1. The van der Waals surface area contributed by atoms with Gasteiger partial charge in [0.05, 0.1) is 0 Å². The van der Waals surface area contributed by atoms with Crippen LogP contribution in [0.3, 0.4) is 0 Å². The SMILES string of the molecule is Cn1c(=O)[nH]c(=O)c2[nH]c(CCC(=O)N3C[C@@H](CN)[C@H](c4ccccc4)C3)nc21. The van der Waals surface area contributed by atoms with Crippen LogP contribution in [-0.2, 0) is 18.3 Å². The molecule has 0 saturated carbocycles. The first kappa shape index (κ1) is 19.1. The van der Waals surface area contributed by atoms with Crippen molar-refractivity contribution in [3.05, 3.63) is 62.6 Å². The number of rotatable bonds is 5. The van der Waals surface area contributed by atoms with Gasteiger partial charge in [-0.1, -0.05) is 30.3 Å². The number of imidazole rings is 1. The zero-order valence-corrected chi connectivity index (χ0v) is 16.2. The quantitative estimate of drug-likeness (QED) is 0.562. The number of aryl methyl sites for hydroxylation is 2. The predicted octanol–water partition coefficient (Wildman–Crippen LogP) is 0.0834. The van der Waals surface area contributed by atoms with Crippen molar-refractivity contribution in [2.75, 3.05) is 19.6 Å². The van der Waals surface area contributed by atoms with Gasteiger partial charge in [0, 0.05) is 38.9 Å². The minimum atomic E-state index is -0.520. The number of carbonyl (C=O) groups excluding carboxylic acids is 1. The first-order chi connectivity index (χ1) is 14.0. The molecule has 1 amide bonds. The van der Waals surface area contributed by atoms with Crippen molar-refractivity contribution in [2.24, 2.45) is 18.7 Å². The third-order valence-corrected chi connectivity index (χ3v) is 5.70. The van der Waals surface area contributed by atoms with Gasteiger partial charge in [-0.25, -0.2) is 9.78 Å². The molecule has 1 saturated heterocycles. The first-order valence-electron chi connectivity index (χ1n) is 9.68. The molecular formula is C20H24N6O3. The monoisotopic (exact) mass is 396 g/mol. The second-order valence-corrected chi connectivity index (χ2v) is 7.51. The molecule has 1 aliphatic heterocycles. The molecule has 1 aromatic carbocycles. The van der Waals surface area contributed by atoms with E-state index in [1.165, 1.54) is 17.2 Å². The molecule has 2 aromatic heterocycles. The van der Waals surface area contributed by atoms with E-state index in [1.807, 2.05) is 23.1 Å². The van der Waals surface area contributed by atoms with Crippen LogP contribution in [0.4, 0.5) is 0 Å². The molecule has 3 aromatic rings. The Kier molecular flexibility index (Phi) is 5.06. The molecule has 0 aliphatic carbocycles. The van der Waals surface area contributed by atoms with Crippen LogP contribution in [0, 0.1) is 5.92 Å². The van der Waals surface area contributed by atoms with Gasteiger partial charge in [-0.2, -0.15) is 0 Å². The van der Waals surface area contributed by atoms with Gasteiger partial charge in [0.2, 0.25) is 5.91 Å². The van der Waals surface area contributed by atoms with Crippen molar-refractivity contribution in [3.63, 3.8) is 0 Å². The molecular weight excluding hydrogens is 372 g/mol. The zero-order chi connectivity index (χ0) is 20.5. The number of benzene rings is 1. The first-order valence-corrected chi connectivity index (χ1v) is 9.68. The van der Waals surface area contributed by atoms with Crippen molar-refractivity contribution < 1.29 is 4.79 Å². The van der Waals surface area contributed by atoms with E-state index in [0.29, 0.717) is 31.9 Å². The molecule has 1 aliphatic rings. The molecule has 9 nitrogen and oxygen atoms in total. The van der Waals surface area contributed by atoms with Crippen molar-refractivity contribution in [1.29, 1.82) is 0 Å². The van der Waals surface area contributed by atoms with E-state index in [4.69, 9.17) is 5.73 Å². The van der Waals surface area contributed by atoms with Crippen molar-refractivity contribution in [2.45, 2.75) is 18.8 Å². The lowest BCUT2D eigenvalue weighted by molar-refractivity contribution is -0.130. The second-order valence-electron chi connectivity index (χ2n) is 7.51. The standard InChI is InChI=1S/C20H24N6O3/c1-25-18-17(19(28)24-20(25)29)22-15(23-18)7-8-16(27)26-10-13(9-21)14(11-26)12-5-3-2-4-6-12/h2-6,13-14H,7-11,21H2,1H3,(H,22,23)(H,24,28,29)/t13-,14+/m1/s1. The molecule has 152 valence electrons. The maximum absolute atomic E-state index is 12.8. The van der Waals surface area contributed by atoms with E-state index < -0.39 is 11.2 Å². The smallest absolute Gasteiger partial charge is 0.329 e. The molecule has 2 atom stereocenters. The summed E-state index contributed by atoms with van der Waals surface area (Å²) in [5, 5.41) is 0. The van der Waals surface area contributed by atoms with Crippen LogP contribution < -0.4 is 17.0 Å². The van der Waals surface area contributed by atoms with Gasteiger partial charge in [0.25, 0.3) is 5.56 Å². The van der Waals surface area contributed by atoms with E-state index in [1.54, 1.807) is 0 Å². The summed E-state index contributed by atoms with van der Waals surface area (Å²) in [6.07, 6.45) is 0.630. The Labute approximate surface area is 166 Å². The van der Waals surface area contributed by atoms with E-state index >= 15 is 0 Å². The van der Waals surface area contributed by atoms with Crippen LogP contribution in [0.2, 0.25) is 0 Å². The Balaban J connectivity index is 1.46. The average molecular weight is 396 g/mol. The number of hydrogen-bond donors (Lipinski definition) is 3. The molecule has 1 fully saturated rings. The highest BCUT2D eigenvalue weighted by Gasteiger charge is 2.35. The van der Waals surface area contributed by atoms with Crippen molar-refractivity contribution >= 4 is 17.1 Å². The molecule has 4 rings (SSSR count). The predicted molar refractivity (Wildman–Crippen MR) is 109 cm³/mol. The summed E-state index contributed by atoms with van der Waals surface area (Å²) in [7, 11) is 1.54. The van der Waals surface area contributed by atoms with Gasteiger partial charge in [-0.05, 0) is 18.0 Å². The zero-order valence-electron chi connectivity index (χ0n) is 16.2. The minimum Gasteiger partial charge on any atom is -0.342 e. The van der Waals surface area contributed by atoms with Gasteiger partial charge < -0.3 is 15.6 Å². The van der Waals surface area contributed by atoms with Crippen molar-refractivity contribution in [3.8, 4) is 0 Å². The third-order valence-electron chi connectivity index (χ3n) is 5.70. The third kappa shape index (κ3) is 3.61. The van der Waals surface area contributed by atoms with Gasteiger partial charge in [-0.3, -0.25) is 19.1 Å². The lowest BCUT2D eigenvalue weighted by Crippen LogP contribution is -2.30. The molecule has 9 heteroatoms. The maximum atomic E-state index is 12.8.